The van der Waals surface area contributed by atoms with E-state index >= 15 is 0 Å². The Morgan fingerprint density at radius 1 is 0.538 bits per heavy atom. The zero-order valence-electron chi connectivity index (χ0n) is 15.5. The molecule has 0 aromatic heterocycles. The summed E-state index contributed by atoms with van der Waals surface area (Å²) in [5.41, 5.74) is 4.18. The van der Waals surface area contributed by atoms with Crippen LogP contribution >= 0.6 is 0 Å². The van der Waals surface area contributed by atoms with Crippen LogP contribution in [0.25, 0.3) is 32.7 Å². The lowest BCUT2D eigenvalue weighted by Gasteiger charge is -2.23. The van der Waals surface area contributed by atoms with E-state index in [9.17, 15) is 0 Å². The van der Waals surface area contributed by atoms with Crippen molar-refractivity contribution in [1.29, 1.82) is 0 Å². The summed E-state index contributed by atoms with van der Waals surface area (Å²) in [6.45, 7) is 6.85. The lowest BCUT2D eigenvalue weighted by molar-refractivity contribution is 0.592. The summed E-state index contributed by atoms with van der Waals surface area (Å²) in [6, 6.07) is 28.7. The van der Waals surface area contributed by atoms with Crippen molar-refractivity contribution in [2.45, 2.75) is 26.2 Å². The Morgan fingerprint density at radius 3 is 1.77 bits per heavy atom. The summed E-state index contributed by atoms with van der Waals surface area (Å²) in [7, 11) is 0. The van der Waals surface area contributed by atoms with Crippen molar-refractivity contribution in [2.24, 2.45) is 0 Å². The van der Waals surface area contributed by atoms with Gasteiger partial charge < -0.3 is 11.0 Å². The van der Waals surface area contributed by atoms with Crippen LogP contribution in [0.1, 0.15) is 26.3 Å². The highest BCUT2D eigenvalue weighted by molar-refractivity contribution is 6.05. The molecule has 0 aliphatic carbocycles. The summed E-state index contributed by atoms with van der Waals surface area (Å²) in [4.78, 5) is 0. The molecule has 4 rings (SSSR count). The third kappa shape index (κ3) is 3.34. The molecule has 0 aliphatic rings. The SMILES string of the molecule is CC(C)(C)c1ccccc1-c1cccc2cc3ccccc3cc12.O.O. The molecule has 0 amide bonds. The highest BCUT2D eigenvalue weighted by atomic mass is 16.0. The van der Waals surface area contributed by atoms with Gasteiger partial charge in [0.15, 0.2) is 0 Å². The van der Waals surface area contributed by atoms with Crippen molar-refractivity contribution in [3.05, 3.63) is 84.4 Å². The zero-order valence-corrected chi connectivity index (χ0v) is 15.5. The summed E-state index contributed by atoms with van der Waals surface area (Å²) in [6.07, 6.45) is 0. The van der Waals surface area contributed by atoms with Crippen molar-refractivity contribution in [3.8, 4) is 11.1 Å². The molecule has 2 nitrogen and oxygen atoms in total. The second-order valence-corrected chi connectivity index (χ2v) is 7.52. The quantitative estimate of drug-likeness (QED) is 0.419. The van der Waals surface area contributed by atoms with E-state index in [-0.39, 0.29) is 16.4 Å². The monoisotopic (exact) mass is 346 g/mol. The molecule has 26 heavy (non-hydrogen) atoms. The molecule has 0 aliphatic heterocycles. The molecule has 0 atom stereocenters. The largest absolute Gasteiger partial charge is 0.412 e. The maximum Gasteiger partial charge on any atom is -0.00989 e. The second kappa shape index (κ2) is 7.28. The van der Waals surface area contributed by atoms with E-state index in [1.807, 2.05) is 0 Å². The van der Waals surface area contributed by atoms with E-state index in [4.69, 9.17) is 0 Å². The van der Waals surface area contributed by atoms with Gasteiger partial charge in [-0.05, 0) is 55.8 Å². The van der Waals surface area contributed by atoms with Crippen LogP contribution in [-0.2, 0) is 5.41 Å². The van der Waals surface area contributed by atoms with Crippen LogP contribution in [0, 0.1) is 0 Å². The van der Waals surface area contributed by atoms with Crippen LogP contribution in [0.3, 0.4) is 0 Å². The van der Waals surface area contributed by atoms with Gasteiger partial charge in [-0.15, -0.1) is 0 Å². The third-order valence-corrected chi connectivity index (χ3v) is 4.77. The number of fused-ring (bicyclic) bond motifs is 2. The van der Waals surface area contributed by atoms with Gasteiger partial charge >= 0.3 is 0 Å². The minimum absolute atomic E-state index is 0. The topological polar surface area (TPSA) is 63.0 Å². The van der Waals surface area contributed by atoms with Crippen LogP contribution in [0.5, 0.6) is 0 Å². The minimum atomic E-state index is 0. The number of benzene rings is 4. The molecule has 0 fully saturated rings. The van der Waals surface area contributed by atoms with E-state index in [1.165, 1.54) is 38.2 Å². The van der Waals surface area contributed by atoms with Crippen LogP contribution in [0.2, 0.25) is 0 Å². The molecule has 4 aromatic rings. The average Bonchev–Trinajstić information content (AvgIpc) is 2.58. The van der Waals surface area contributed by atoms with Crippen LogP contribution < -0.4 is 0 Å². The first-order valence-corrected chi connectivity index (χ1v) is 8.55. The Kier molecular flexibility index (Phi) is 5.50. The first-order chi connectivity index (χ1) is 11.5. The van der Waals surface area contributed by atoms with Crippen molar-refractivity contribution < 1.29 is 11.0 Å². The Balaban J connectivity index is 0.00000121. The van der Waals surface area contributed by atoms with E-state index in [0.29, 0.717) is 0 Å². The summed E-state index contributed by atoms with van der Waals surface area (Å²) in [5.74, 6) is 0. The van der Waals surface area contributed by atoms with E-state index in [0.717, 1.165) is 0 Å². The molecule has 0 heterocycles. The molecular formula is C24H26O2. The number of hydrogen-bond acceptors (Lipinski definition) is 0. The van der Waals surface area contributed by atoms with Crippen molar-refractivity contribution in [2.75, 3.05) is 0 Å². The first-order valence-electron chi connectivity index (χ1n) is 8.55. The molecular weight excluding hydrogens is 320 g/mol. The summed E-state index contributed by atoms with van der Waals surface area (Å²) >= 11 is 0. The first kappa shape index (κ1) is 19.6. The standard InChI is InChI=1S/C24H22.2H2O/c1-24(2,3)23-14-7-6-12-21(23)20-13-8-11-19-15-17-9-4-5-10-18(17)16-22(19)20;;/h4-16H,1-3H3;2*1H2. The maximum absolute atomic E-state index is 2.33. The molecule has 0 saturated heterocycles. The van der Waals surface area contributed by atoms with Gasteiger partial charge in [0, 0.05) is 0 Å². The van der Waals surface area contributed by atoms with E-state index < -0.39 is 0 Å². The van der Waals surface area contributed by atoms with Gasteiger partial charge in [0.2, 0.25) is 0 Å². The molecule has 0 spiro atoms. The molecule has 0 saturated carbocycles. The summed E-state index contributed by atoms with van der Waals surface area (Å²) in [5, 5.41) is 5.22. The zero-order chi connectivity index (χ0) is 16.7. The molecule has 4 aromatic carbocycles. The van der Waals surface area contributed by atoms with E-state index in [2.05, 4.69) is 99.6 Å². The molecule has 4 N–H and O–H groups in total. The van der Waals surface area contributed by atoms with Crippen molar-refractivity contribution >= 4 is 21.5 Å². The molecule has 0 unspecified atom stereocenters. The lowest BCUT2D eigenvalue weighted by atomic mass is 9.81. The fourth-order valence-corrected chi connectivity index (χ4v) is 3.57. The average molecular weight is 346 g/mol. The van der Waals surface area contributed by atoms with Gasteiger partial charge in [-0.25, -0.2) is 0 Å². The Bertz CT molecular complexity index is 1040. The van der Waals surface area contributed by atoms with Gasteiger partial charge in [-0.1, -0.05) is 87.5 Å². The highest BCUT2D eigenvalue weighted by Crippen LogP contribution is 2.37. The summed E-state index contributed by atoms with van der Waals surface area (Å²) < 4.78 is 0. The third-order valence-electron chi connectivity index (χ3n) is 4.77. The van der Waals surface area contributed by atoms with Gasteiger partial charge in [-0.3, -0.25) is 0 Å². The van der Waals surface area contributed by atoms with Gasteiger partial charge in [-0.2, -0.15) is 0 Å². The predicted octanol–water partition coefficient (Wildman–Crippen LogP) is 5.31. The van der Waals surface area contributed by atoms with E-state index in [1.54, 1.807) is 0 Å². The van der Waals surface area contributed by atoms with Gasteiger partial charge in [0.1, 0.15) is 0 Å². The number of rotatable bonds is 1. The highest BCUT2D eigenvalue weighted by Gasteiger charge is 2.19. The Labute approximate surface area is 154 Å². The van der Waals surface area contributed by atoms with Crippen LogP contribution in [-0.4, -0.2) is 11.0 Å². The fourth-order valence-electron chi connectivity index (χ4n) is 3.57. The maximum atomic E-state index is 2.33. The predicted molar refractivity (Wildman–Crippen MR) is 113 cm³/mol. The molecule has 0 bridgehead atoms. The fraction of sp³-hybridized carbons (Fsp3) is 0.167. The van der Waals surface area contributed by atoms with Gasteiger partial charge in [0.05, 0.1) is 0 Å². The molecule has 0 radical (unpaired) electrons. The minimum Gasteiger partial charge on any atom is -0.412 e. The molecule has 134 valence electrons. The van der Waals surface area contributed by atoms with Crippen LogP contribution in [0.15, 0.2) is 78.9 Å². The normalized spacial score (nSPS) is 11.0. The Morgan fingerprint density at radius 2 is 1.08 bits per heavy atom. The lowest BCUT2D eigenvalue weighted by Crippen LogP contribution is -2.12. The smallest absolute Gasteiger partial charge is 0.00989 e. The second-order valence-electron chi connectivity index (χ2n) is 7.52. The van der Waals surface area contributed by atoms with Crippen molar-refractivity contribution in [3.63, 3.8) is 0 Å². The van der Waals surface area contributed by atoms with Gasteiger partial charge in [0.25, 0.3) is 0 Å². The molecule has 2 heteroatoms. The number of hydrogen-bond donors (Lipinski definition) is 0. The van der Waals surface area contributed by atoms with Crippen molar-refractivity contribution in [1.82, 2.24) is 0 Å². The van der Waals surface area contributed by atoms with Crippen LogP contribution in [0.4, 0.5) is 0 Å². The Hall–Kier alpha value is -2.68.